The molecule has 1 amide bonds. The molecule has 140 valence electrons. The molecule has 0 bridgehead atoms. The molecular formula is C21H27NO4. The van der Waals surface area contributed by atoms with E-state index in [1.165, 1.54) is 19.3 Å². The summed E-state index contributed by atoms with van der Waals surface area (Å²) in [4.78, 5) is 26.0. The van der Waals surface area contributed by atoms with Gasteiger partial charge in [-0.3, -0.25) is 4.79 Å². The lowest BCUT2D eigenvalue weighted by Crippen LogP contribution is -2.40. The van der Waals surface area contributed by atoms with Gasteiger partial charge in [0.05, 0.1) is 0 Å². The van der Waals surface area contributed by atoms with Crippen molar-refractivity contribution in [3.63, 3.8) is 0 Å². The van der Waals surface area contributed by atoms with Crippen LogP contribution in [0.3, 0.4) is 0 Å². The van der Waals surface area contributed by atoms with Gasteiger partial charge in [-0.25, -0.2) is 4.79 Å². The van der Waals surface area contributed by atoms with Gasteiger partial charge in [0.25, 0.3) is 5.91 Å². The minimum absolute atomic E-state index is 0.00259. The Balaban J connectivity index is 1.69. The van der Waals surface area contributed by atoms with Crippen molar-refractivity contribution in [1.82, 2.24) is 4.90 Å². The van der Waals surface area contributed by atoms with Crippen LogP contribution in [0.4, 0.5) is 0 Å². The lowest BCUT2D eigenvalue weighted by Gasteiger charge is -2.31. The van der Waals surface area contributed by atoms with Crippen molar-refractivity contribution in [3.8, 4) is 5.75 Å². The number of nitrogens with zero attached hydrogens (tertiary/aromatic N) is 1. The van der Waals surface area contributed by atoms with Crippen LogP contribution in [0.1, 0.15) is 51.0 Å². The SMILES string of the molecule is CCCc1cc(=O)oc2cc(OCC(=O)N(C)C3CCCCC3)ccc12. The topological polar surface area (TPSA) is 59.8 Å². The molecule has 1 aromatic carbocycles. The van der Waals surface area contributed by atoms with E-state index in [9.17, 15) is 9.59 Å². The third-order valence-corrected chi connectivity index (χ3v) is 5.20. The average molecular weight is 357 g/mol. The third kappa shape index (κ3) is 4.26. The third-order valence-electron chi connectivity index (χ3n) is 5.20. The van der Waals surface area contributed by atoms with Crippen molar-refractivity contribution in [1.29, 1.82) is 0 Å². The Morgan fingerprint density at radius 2 is 2.00 bits per heavy atom. The Morgan fingerprint density at radius 1 is 1.23 bits per heavy atom. The Kier molecular flexibility index (Phi) is 5.96. The second-order valence-corrected chi connectivity index (χ2v) is 7.08. The summed E-state index contributed by atoms with van der Waals surface area (Å²) in [6.07, 6.45) is 7.57. The van der Waals surface area contributed by atoms with E-state index in [0.717, 1.165) is 36.6 Å². The summed E-state index contributed by atoms with van der Waals surface area (Å²) in [5, 5.41) is 0.921. The van der Waals surface area contributed by atoms with Gasteiger partial charge < -0.3 is 14.1 Å². The Bertz CT molecular complexity index is 820. The molecule has 3 rings (SSSR count). The van der Waals surface area contributed by atoms with E-state index in [1.807, 2.05) is 24.1 Å². The number of benzene rings is 1. The minimum atomic E-state index is -0.355. The van der Waals surface area contributed by atoms with E-state index in [4.69, 9.17) is 9.15 Å². The highest BCUT2D eigenvalue weighted by Crippen LogP contribution is 2.24. The first-order valence-corrected chi connectivity index (χ1v) is 9.53. The molecule has 0 spiro atoms. The van der Waals surface area contributed by atoms with Gasteiger partial charge in [-0.15, -0.1) is 0 Å². The first-order chi connectivity index (χ1) is 12.6. The molecule has 0 radical (unpaired) electrons. The van der Waals surface area contributed by atoms with Gasteiger partial charge in [0.15, 0.2) is 6.61 Å². The predicted molar refractivity (Wildman–Crippen MR) is 102 cm³/mol. The molecule has 1 aromatic heterocycles. The van der Waals surface area contributed by atoms with Crippen LogP contribution >= 0.6 is 0 Å². The van der Waals surface area contributed by atoms with Crippen molar-refractivity contribution < 1.29 is 13.9 Å². The molecule has 1 aliphatic carbocycles. The lowest BCUT2D eigenvalue weighted by atomic mass is 9.94. The molecule has 0 N–H and O–H groups in total. The Hall–Kier alpha value is -2.30. The standard InChI is InChI=1S/C21H27NO4/c1-3-7-15-12-21(24)26-19-13-17(10-11-18(15)19)25-14-20(23)22(2)16-8-5-4-6-9-16/h10-13,16H,3-9,14H2,1-2H3. The summed E-state index contributed by atoms with van der Waals surface area (Å²) in [7, 11) is 1.86. The van der Waals surface area contributed by atoms with E-state index in [2.05, 4.69) is 6.92 Å². The van der Waals surface area contributed by atoms with E-state index in [0.29, 0.717) is 17.4 Å². The van der Waals surface area contributed by atoms with E-state index in [-0.39, 0.29) is 18.1 Å². The number of amides is 1. The summed E-state index contributed by atoms with van der Waals surface area (Å²) < 4.78 is 11.0. The number of carbonyl (C=O) groups excluding carboxylic acids is 1. The minimum Gasteiger partial charge on any atom is -0.484 e. The largest absolute Gasteiger partial charge is 0.484 e. The summed E-state index contributed by atoms with van der Waals surface area (Å²) >= 11 is 0. The molecule has 1 saturated carbocycles. The van der Waals surface area contributed by atoms with Crippen molar-refractivity contribution in [2.75, 3.05) is 13.7 Å². The number of hydrogen-bond donors (Lipinski definition) is 0. The molecule has 1 aliphatic rings. The molecule has 0 unspecified atom stereocenters. The number of rotatable bonds is 6. The van der Waals surface area contributed by atoms with Gasteiger partial charge in [-0.1, -0.05) is 32.6 Å². The van der Waals surface area contributed by atoms with Crippen LogP contribution in [-0.4, -0.2) is 30.5 Å². The van der Waals surface area contributed by atoms with Crippen LogP contribution in [-0.2, 0) is 11.2 Å². The van der Waals surface area contributed by atoms with Gasteiger partial charge >= 0.3 is 5.63 Å². The smallest absolute Gasteiger partial charge is 0.336 e. The maximum absolute atomic E-state index is 12.4. The van der Waals surface area contributed by atoms with E-state index < -0.39 is 0 Å². The molecule has 1 heterocycles. The highest BCUT2D eigenvalue weighted by atomic mass is 16.5. The maximum atomic E-state index is 12.4. The molecule has 5 heteroatoms. The number of fused-ring (bicyclic) bond motifs is 1. The number of ether oxygens (including phenoxy) is 1. The summed E-state index contributed by atoms with van der Waals surface area (Å²) in [6, 6.07) is 7.30. The van der Waals surface area contributed by atoms with Crippen molar-refractivity contribution in [2.24, 2.45) is 0 Å². The van der Waals surface area contributed by atoms with Gasteiger partial charge in [0.2, 0.25) is 0 Å². The second kappa shape index (κ2) is 8.39. The fourth-order valence-electron chi connectivity index (χ4n) is 3.70. The summed E-state index contributed by atoms with van der Waals surface area (Å²) in [6.45, 7) is 2.07. The van der Waals surface area contributed by atoms with Crippen LogP contribution in [0.15, 0.2) is 33.5 Å². The molecule has 0 aliphatic heterocycles. The highest BCUT2D eigenvalue weighted by Gasteiger charge is 2.22. The number of carbonyl (C=O) groups is 1. The molecule has 2 aromatic rings. The van der Waals surface area contributed by atoms with Crippen molar-refractivity contribution >= 4 is 16.9 Å². The number of likely N-dealkylation sites (N-methyl/N-ethyl adjacent to an activating group) is 1. The fraction of sp³-hybridized carbons (Fsp3) is 0.524. The van der Waals surface area contributed by atoms with Crippen molar-refractivity contribution in [3.05, 3.63) is 40.2 Å². The van der Waals surface area contributed by atoms with E-state index >= 15 is 0 Å². The normalized spacial score (nSPS) is 15.2. The van der Waals surface area contributed by atoms with Gasteiger partial charge in [0.1, 0.15) is 11.3 Å². The Labute approximate surface area is 153 Å². The van der Waals surface area contributed by atoms with Crippen LogP contribution in [0, 0.1) is 0 Å². The van der Waals surface area contributed by atoms with Crippen LogP contribution in [0.25, 0.3) is 11.0 Å². The highest BCUT2D eigenvalue weighted by molar-refractivity contribution is 5.82. The molecule has 5 nitrogen and oxygen atoms in total. The summed E-state index contributed by atoms with van der Waals surface area (Å²) in [5.41, 5.74) is 1.14. The van der Waals surface area contributed by atoms with Crippen molar-refractivity contribution in [2.45, 2.75) is 57.9 Å². The van der Waals surface area contributed by atoms with Gasteiger partial charge in [0, 0.05) is 30.6 Å². The first kappa shape index (κ1) is 18.5. The van der Waals surface area contributed by atoms with Crippen LogP contribution in [0.5, 0.6) is 5.75 Å². The first-order valence-electron chi connectivity index (χ1n) is 9.53. The monoisotopic (exact) mass is 357 g/mol. The maximum Gasteiger partial charge on any atom is 0.336 e. The predicted octanol–water partition coefficient (Wildman–Crippen LogP) is 3.92. The molecule has 0 atom stereocenters. The average Bonchev–Trinajstić information content (AvgIpc) is 2.66. The quantitative estimate of drug-likeness (QED) is 0.735. The zero-order valence-electron chi connectivity index (χ0n) is 15.6. The fourth-order valence-corrected chi connectivity index (χ4v) is 3.70. The molecular weight excluding hydrogens is 330 g/mol. The molecule has 1 fully saturated rings. The number of aryl methyl sites for hydroxylation is 1. The van der Waals surface area contributed by atoms with Gasteiger partial charge in [-0.2, -0.15) is 0 Å². The zero-order valence-corrected chi connectivity index (χ0v) is 15.6. The Morgan fingerprint density at radius 3 is 2.73 bits per heavy atom. The number of hydrogen-bond acceptors (Lipinski definition) is 4. The molecule has 0 saturated heterocycles. The van der Waals surface area contributed by atoms with Crippen LogP contribution < -0.4 is 10.4 Å². The summed E-state index contributed by atoms with van der Waals surface area (Å²) in [5.74, 6) is 0.526. The molecule has 26 heavy (non-hydrogen) atoms. The lowest BCUT2D eigenvalue weighted by molar-refractivity contribution is -0.134. The van der Waals surface area contributed by atoms with Gasteiger partial charge in [-0.05, 0) is 37.0 Å². The van der Waals surface area contributed by atoms with E-state index in [1.54, 1.807) is 12.1 Å². The zero-order chi connectivity index (χ0) is 18.5. The van der Waals surface area contributed by atoms with Crippen LogP contribution in [0.2, 0.25) is 0 Å². The second-order valence-electron chi connectivity index (χ2n) is 7.08.